The Hall–Kier alpha value is -1.40. The highest BCUT2D eigenvalue weighted by Crippen LogP contribution is 2.35. The van der Waals surface area contributed by atoms with Gasteiger partial charge < -0.3 is 15.6 Å². The Morgan fingerprint density at radius 3 is 2.88 bits per heavy atom. The average Bonchev–Trinajstić information content (AvgIpc) is 2.34. The molecule has 17 heavy (non-hydrogen) atoms. The highest BCUT2D eigenvalue weighted by Gasteiger charge is 2.09. The van der Waals surface area contributed by atoms with E-state index in [1.807, 2.05) is 0 Å². The summed E-state index contributed by atoms with van der Waals surface area (Å²) in [5.41, 5.74) is 5.98. The van der Waals surface area contributed by atoms with Crippen molar-refractivity contribution in [2.24, 2.45) is 15.9 Å². The molecule has 0 unspecified atom stereocenters. The second kappa shape index (κ2) is 6.36. The fourth-order valence-corrected chi connectivity index (χ4v) is 1.35. The fraction of sp³-hybridized carbons (Fsp3) is 0.200. The Morgan fingerprint density at radius 2 is 2.29 bits per heavy atom. The maximum atomic E-state index is 9.65. The molecule has 0 aromatic heterocycles. The number of hydrogen-bond acceptors (Lipinski definition) is 5. The Kier molecular flexibility index (Phi) is 5.11. The van der Waals surface area contributed by atoms with Gasteiger partial charge in [-0.2, -0.15) is 5.10 Å². The van der Waals surface area contributed by atoms with Crippen LogP contribution in [0.25, 0.3) is 0 Å². The van der Waals surface area contributed by atoms with Crippen LogP contribution < -0.4 is 10.5 Å². The van der Waals surface area contributed by atoms with E-state index in [4.69, 9.17) is 22.1 Å². The number of amidine groups is 1. The van der Waals surface area contributed by atoms with Gasteiger partial charge >= 0.3 is 0 Å². The summed E-state index contributed by atoms with van der Waals surface area (Å²) in [4.78, 5) is 0. The molecule has 3 N–H and O–H groups in total. The summed E-state index contributed by atoms with van der Waals surface area (Å²) < 4.78 is 4.91. The van der Waals surface area contributed by atoms with Crippen molar-refractivity contribution in [3.8, 4) is 11.5 Å². The van der Waals surface area contributed by atoms with Crippen molar-refractivity contribution in [3.63, 3.8) is 0 Å². The monoisotopic (exact) mass is 273 g/mol. The molecule has 0 amide bonds. The van der Waals surface area contributed by atoms with Gasteiger partial charge in [-0.15, -0.1) is 5.10 Å². The molecule has 0 saturated heterocycles. The summed E-state index contributed by atoms with van der Waals surface area (Å²) in [5.74, 6) is 0.180. The second-order valence-electron chi connectivity index (χ2n) is 2.91. The van der Waals surface area contributed by atoms with Crippen LogP contribution in [0.4, 0.5) is 0 Å². The lowest BCUT2D eigenvalue weighted by Gasteiger charge is -2.06. The minimum absolute atomic E-state index is 0.125. The average molecular weight is 274 g/mol. The fourth-order valence-electron chi connectivity index (χ4n) is 1.02. The Balaban J connectivity index is 2.97. The van der Waals surface area contributed by atoms with Gasteiger partial charge in [0.1, 0.15) is 0 Å². The number of nitrogens with zero attached hydrogens (tertiary/aromatic N) is 2. The van der Waals surface area contributed by atoms with Crippen molar-refractivity contribution in [2.75, 3.05) is 13.4 Å². The highest BCUT2D eigenvalue weighted by atomic mass is 35.5. The van der Waals surface area contributed by atoms with Gasteiger partial charge in [-0.05, 0) is 18.4 Å². The smallest absolute Gasteiger partial charge is 0.180 e. The molecule has 0 aliphatic carbocycles. The molecule has 0 heterocycles. The van der Waals surface area contributed by atoms with Crippen LogP contribution in [0.3, 0.4) is 0 Å². The van der Waals surface area contributed by atoms with Crippen LogP contribution in [0, 0.1) is 0 Å². The number of halogens is 1. The molecule has 0 aliphatic heterocycles. The number of aromatic hydroxyl groups is 1. The lowest BCUT2D eigenvalue weighted by molar-refractivity contribution is 0.373. The Bertz CT molecular complexity index is 463. The third-order valence-electron chi connectivity index (χ3n) is 1.89. The standard InChI is InChI=1S/C10H12ClN3O2S/c1-16-7-4-3-6(8(11)9(7)15)5-13-14-10(12)17-2/h3-5,15H,1-2H3,(H2,12,14)/b13-5-. The maximum Gasteiger partial charge on any atom is 0.180 e. The first-order valence-electron chi connectivity index (χ1n) is 4.56. The van der Waals surface area contributed by atoms with Crippen LogP contribution >= 0.6 is 23.4 Å². The Morgan fingerprint density at radius 1 is 1.59 bits per heavy atom. The molecule has 7 heteroatoms. The summed E-state index contributed by atoms with van der Waals surface area (Å²) in [6.07, 6.45) is 3.20. The molecule has 1 rings (SSSR count). The van der Waals surface area contributed by atoms with Gasteiger partial charge in [0.2, 0.25) is 0 Å². The molecule has 1 aromatic carbocycles. The van der Waals surface area contributed by atoms with Crippen molar-refractivity contribution < 1.29 is 9.84 Å². The molecule has 0 aliphatic rings. The second-order valence-corrected chi connectivity index (χ2v) is 4.11. The van der Waals surface area contributed by atoms with Crippen LogP contribution in [0.1, 0.15) is 5.56 Å². The minimum atomic E-state index is -0.125. The number of rotatable bonds is 3. The molecule has 5 nitrogen and oxygen atoms in total. The lowest BCUT2D eigenvalue weighted by atomic mass is 10.2. The van der Waals surface area contributed by atoms with Gasteiger partial charge in [-0.1, -0.05) is 23.4 Å². The number of phenols is 1. The van der Waals surface area contributed by atoms with Gasteiger partial charge in [0.15, 0.2) is 16.7 Å². The van der Waals surface area contributed by atoms with E-state index in [0.717, 1.165) is 0 Å². The third kappa shape index (κ3) is 3.54. The van der Waals surface area contributed by atoms with Crippen molar-refractivity contribution in [3.05, 3.63) is 22.7 Å². The molecule has 0 saturated carbocycles. The molecular weight excluding hydrogens is 262 g/mol. The van der Waals surface area contributed by atoms with Crippen LogP contribution in [0.15, 0.2) is 22.3 Å². The summed E-state index contributed by atoms with van der Waals surface area (Å²) >= 11 is 7.21. The van der Waals surface area contributed by atoms with Crippen molar-refractivity contribution in [2.45, 2.75) is 0 Å². The van der Waals surface area contributed by atoms with Crippen molar-refractivity contribution in [1.82, 2.24) is 0 Å². The topological polar surface area (TPSA) is 80.2 Å². The molecule has 0 atom stereocenters. The number of phenolic OH excluding ortho intramolecular Hbond substituents is 1. The molecule has 0 radical (unpaired) electrons. The lowest BCUT2D eigenvalue weighted by Crippen LogP contribution is -2.03. The van der Waals surface area contributed by atoms with Gasteiger partial charge in [-0.25, -0.2) is 0 Å². The van der Waals surface area contributed by atoms with Gasteiger partial charge in [0.25, 0.3) is 0 Å². The molecule has 0 bridgehead atoms. The van der Waals surface area contributed by atoms with Crippen LogP contribution in [0.2, 0.25) is 5.02 Å². The number of ether oxygens (including phenoxy) is 1. The SMILES string of the molecule is COc1ccc(/C=N\N=C(/N)SC)c(Cl)c1O. The molecule has 92 valence electrons. The highest BCUT2D eigenvalue weighted by molar-refractivity contribution is 8.13. The van der Waals surface area contributed by atoms with E-state index in [1.165, 1.54) is 25.1 Å². The van der Waals surface area contributed by atoms with Gasteiger partial charge in [0.05, 0.1) is 18.3 Å². The van der Waals surface area contributed by atoms with E-state index in [2.05, 4.69) is 10.2 Å². The zero-order valence-electron chi connectivity index (χ0n) is 9.35. The molecular formula is C10H12ClN3O2S. The van der Waals surface area contributed by atoms with E-state index < -0.39 is 0 Å². The van der Waals surface area contributed by atoms with E-state index in [1.54, 1.807) is 18.4 Å². The van der Waals surface area contributed by atoms with E-state index >= 15 is 0 Å². The number of nitrogens with two attached hydrogens (primary N) is 1. The summed E-state index contributed by atoms with van der Waals surface area (Å²) in [6.45, 7) is 0. The summed E-state index contributed by atoms with van der Waals surface area (Å²) in [5, 5.41) is 17.6. The normalized spacial score (nSPS) is 12.1. The molecule has 0 fully saturated rings. The molecule has 0 spiro atoms. The largest absolute Gasteiger partial charge is 0.503 e. The van der Waals surface area contributed by atoms with Crippen molar-refractivity contribution >= 4 is 34.7 Å². The first-order valence-corrected chi connectivity index (χ1v) is 6.16. The van der Waals surface area contributed by atoms with Crippen LogP contribution in [-0.4, -0.2) is 29.9 Å². The first kappa shape index (κ1) is 13.7. The number of methoxy groups -OCH3 is 1. The van der Waals surface area contributed by atoms with E-state index in [0.29, 0.717) is 16.5 Å². The summed E-state index contributed by atoms with van der Waals surface area (Å²) in [7, 11) is 1.45. The van der Waals surface area contributed by atoms with E-state index in [9.17, 15) is 5.11 Å². The van der Waals surface area contributed by atoms with Crippen LogP contribution in [-0.2, 0) is 0 Å². The maximum absolute atomic E-state index is 9.65. The zero-order chi connectivity index (χ0) is 12.8. The van der Waals surface area contributed by atoms with Crippen LogP contribution in [0.5, 0.6) is 11.5 Å². The Labute approximate surface area is 108 Å². The van der Waals surface area contributed by atoms with Crippen molar-refractivity contribution in [1.29, 1.82) is 0 Å². The van der Waals surface area contributed by atoms with Gasteiger partial charge in [-0.3, -0.25) is 0 Å². The quantitative estimate of drug-likeness (QED) is 0.502. The number of benzene rings is 1. The minimum Gasteiger partial charge on any atom is -0.503 e. The first-order chi connectivity index (χ1) is 8.10. The third-order valence-corrected chi connectivity index (χ3v) is 2.79. The molecule has 1 aromatic rings. The van der Waals surface area contributed by atoms with Gasteiger partial charge in [0, 0.05) is 5.56 Å². The number of thioether (sulfide) groups is 1. The number of hydrogen-bond donors (Lipinski definition) is 2. The van der Waals surface area contributed by atoms with E-state index in [-0.39, 0.29) is 10.8 Å². The zero-order valence-corrected chi connectivity index (χ0v) is 10.9. The predicted molar refractivity (Wildman–Crippen MR) is 72.4 cm³/mol. The predicted octanol–water partition coefficient (Wildman–Crippen LogP) is 2.07. The summed E-state index contributed by atoms with van der Waals surface area (Å²) in [6, 6.07) is 3.25.